The molecule has 0 aliphatic carbocycles. The van der Waals surface area contributed by atoms with Crippen molar-refractivity contribution in [3.8, 4) is 0 Å². The van der Waals surface area contributed by atoms with E-state index >= 15 is 0 Å². The van der Waals surface area contributed by atoms with E-state index in [1.165, 1.54) is 6.26 Å². The number of carbonyl (C=O) groups is 3. The maximum atomic E-state index is 13.0. The van der Waals surface area contributed by atoms with E-state index in [1.807, 2.05) is 32.6 Å². The van der Waals surface area contributed by atoms with Gasteiger partial charge in [0, 0.05) is 52.4 Å². The largest absolute Gasteiger partial charge is 0.459 e. The van der Waals surface area contributed by atoms with Crippen molar-refractivity contribution < 1.29 is 23.5 Å². The van der Waals surface area contributed by atoms with Crippen molar-refractivity contribution in [2.45, 2.75) is 39.3 Å². The lowest BCUT2D eigenvalue weighted by Crippen LogP contribution is -2.58. The number of rotatable bonds is 3. The summed E-state index contributed by atoms with van der Waals surface area (Å²) < 4.78 is 10.6. The molecule has 1 unspecified atom stereocenters. The summed E-state index contributed by atoms with van der Waals surface area (Å²) in [5, 5.41) is 0. The van der Waals surface area contributed by atoms with Crippen molar-refractivity contribution in [3.63, 3.8) is 0 Å². The van der Waals surface area contributed by atoms with Crippen LogP contribution in [0.2, 0.25) is 0 Å². The number of hydrogen-bond acceptors (Lipinski definition) is 6. The van der Waals surface area contributed by atoms with E-state index in [0.29, 0.717) is 58.1 Å². The average Bonchev–Trinajstić information content (AvgIpc) is 3.26. The van der Waals surface area contributed by atoms with Gasteiger partial charge in [0.15, 0.2) is 5.76 Å². The van der Waals surface area contributed by atoms with Gasteiger partial charge in [-0.2, -0.15) is 0 Å². The maximum absolute atomic E-state index is 13.0. The summed E-state index contributed by atoms with van der Waals surface area (Å²) in [4.78, 5) is 44.9. The minimum Gasteiger partial charge on any atom is -0.459 e. The minimum atomic E-state index is -0.516. The Balaban J connectivity index is 1.45. The van der Waals surface area contributed by atoms with Gasteiger partial charge in [0.05, 0.1) is 12.3 Å². The summed E-state index contributed by atoms with van der Waals surface area (Å²) >= 11 is 0. The Morgan fingerprint density at radius 1 is 0.933 bits per heavy atom. The van der Waals surface area contributed by atoms with E-state index in [-0.39, 0.29) is 23.9 Å². The molecule has 1 aromatic heterocycles. The van der Waals surface area contributed by atoms with E-state index in [4.69, 9.17) is 9.15 Å². The van der Waals surface area contributed by atoms with Gasteiger partial charge in [-0.15, -0.1) is 0 Å². The van der Waals surface area contributed by atoms with Crippen LogP contribution < -0.4 is 0 Å². The van der Waals surface area contributed by atoms with Crippen LogP contribution in [0.1, 0.15) is 38.2 Å². The third-order valence-electron chi connectivity index (χ3n) is 5.48. The predicted molar refractivity (Wildman–Crippen MR) is 110 cm³/mol. The molecule has 166 valence electrons. The number of carbonyl (C=O) groups excluding carboxylic acids is 3. The lowest BCUT2D eigenvalue weighted by molar-refractivity contribution is -0.138. The SMILES string of the molecule is CC(C(=O)N1CCN(C(=O)c2ccco2)CC1)N1CCN(C(=O)OC(C)(C)C)CC1. The maximum Gasteiger partial charge on any atom is 0.410 e. The van der Waals surface area contributed by atoms with Crippen LogP contribution in [0, 0.1) is 0 Å². The minimum absolute atomic E-state index is 0.0609. The summed E-state index contributed by atoms with van der Waals surface area (Å²) in [6.07, 6.45) is 1.18. The molecule has 2 aliphatic heterocycles. The second kappa shape index (κ2) is 9.07. The molecule has 1 atom stereocenters. The van der Waals surface area contributed by atoms with Gasteiger partial charge < -0.3 is 23.9 Å². The highest BCUT2D eigenvalue weighted by Crippen LogP contribution is 2.15. The molecule has 3 rings (SSSR count). The van der Waals surface area contributed by atoms with E-state index in [0.717, 1.165) is 0 Å². The van der Waals surface area contributed by atoms with Crippen LogP contribution in [-0.2, 0) is 9.53 Å². The zero-order chi connectivity index (χ0) is 21.9. The Bertz CT molecular complexity index is 742. The van der Waals surface area contributed by atoms with Crippen LogP contribution in [0.15, 0.2) is 22.8 Å². The van der Waals surface area contributed by atoms with Crippen molar-refractivity contribution in [1.82, 2.24) is 19.6 Å². The second-order valence-corrected chi connectivity index (χ2v) is 8.77. The number of ether oxygens (including phenoxy) is 1. The van der Waals surface area contributed by atoms with Gasteiger partial charge in [0.2, 0.25) is 5.91 Å². The van der Waals surface area contributed by atoms with Crippen molar-refractivity contribution in [1.29, 1.82) is 0 Å². The van der Waals surface area contributed by atoms with Gasteiger partial charge in [-0.25, -0.2) is 4.79 Å². The van der Waals surface area contributed by atoms with E-state index in [2.05, 4.69) is 4.90 Å². The summed E-state index contributed by atoms with van der Waals surface area (Å²) in [6, 6.07) is 3.08. The molecule has 2 saturated heterocycles. The first-order valence-corrected chi connectivity index (χ1v) is 10.5. The summed E-state index contributed by atoms with van der Waals surface area (Å²) in [7, 11) is 0. The molecule has 2 fully saturated rings. The van der Waals surface area contributed by atoms with Gasteiger partial charge in [0.25, 0.3) is 5.91 Å². The molecule has 0 N–H and O–H groups in total. The topological polar surface area (TPSA) is 86.5 Å². The number of hydrogen-bond donors (Lipinski definition) is 0. The van der Waals surface area contributed by atoms with Crippen LogP contribution in [0.5, 0.6) is 0 Å². The monoisotopic (exact) mass is 420 g/mol. The molecule has 0 saturated carbocycles. The molecule has 9 nitrogen and oxygen atoms in total. The normalized spacial score (nSPS) is 19.5. The van der Waals surface area contributed by atoms with Crippen LogP contribution in [0.3, 0.4) is 0 Å². The molecule has 30 heavy (non-hydrogen) atoms. The van der Waals surface area contributed by atoms with Gasteiger partial charge >= 0.3 is 6.09 Å². The van der Waals surface area contributed by atoms with E-state index in [9.17, 15) is 14.4 Å². The third kappa shape index (κ3) is 5.33. The highest BCUT2D eigenvalue weighted by atomic mass is 16.6. The van der Waals surface area contributed by atoms with Crippen LogP contribution >= 0.6 is 0 Å². The molecule has 1 aromatic rings. The van der Waals surface area contributed by atoms with E-state index in [1.54, 1.807) is 21.9 Å². The first-order chi connectivity index (χ1) is 14.2. The van der Waals surface area contributed by atoms with Gasteiger partial charge in [-0.05, 0) is 39.8 Å². The Morgan fingerprint density at radius 3 is 2.03 bits per heavy atom. The molecular formula is C21H32N4O5. The Hall–Kier alpha value is -2.55. The number of nitrogens with zero attached hydrogens (tertiary/aromatic N) is 4. The standard InChI is InChI=1S/C21H32N4O5/c1-16(22-7-13-25(14-8-22)20(28)30-21(2,3)4)18(26)23-9-11-24(12-10-23)19(27)17-6-5-15-29-17/h5-6,15-16H,7-14H2,1-4H3. The Kier molecular flexibility index (Phi) is 6.70. The van der Waals surface area contributed by atoms with Crippen molar-refractivity contribution in [2.24, 2.45) is 0 Å². The van der Waals surface area contributed by atoms with Crippen molar-refractivity contribution in [3.05, 3.63) is 24.2 Å². The van der Waals surface area contributed by atoms with Crippen LogP contribution in [0.25, 0.3) is 0 Å². The molecule has 0 bridgehead atoms. The molecule has 3 amide bonds. The van der Waals surface area contributed by atoms with Crippen LogP contribution in [-0.4, -0.2) is 102 Å². The zero-order valence-corrected chi connectivity index (χ0v) is 18.3. The lowest BCUT2D eigenvalue weighted by atomic mass is 10.1. The highest BCUT2D eigenvalue weighted by molar-refractivity contribution is 5.91. The summed E-state index contributed by atoms with van der Waals surface area (Å²) in [5.41, 5.74) is -0.516. The van der Waals surface area contributed by atoms with Crippen molar-refractivity contribution in [2.75, 3.05) is 52.4 Å². The molecule has 3 heterocycles. The molecule has 0 aromatic carbocycles. The van der Waals surface area contributed by atoms with E-state index < -0.39 is 5.60 Å². The number of piperazine rings is 2. The average molecular weight is 421 g/mol. The smallest absolute Gasteiger partial charge is 0.410 e. The lowest BCUT2D eigenvalue weighted by Gasteiger charge is -2.41. The van der Waals surface area contributed by atoms with Gasteiger partial charge in [-0.1, -0.05) is 0 Å². The molecule has 9 heteroatoms. The van der Waals surface area contributed by atoms with Gasteiger partial charge in [-0.3, -0.25) is 14.5 Å². The second-order valence-electron chi connectivity index (χ2n) is 8.77. The molecule has 0 radical (unpaired) electrons. The molecule has 2 aliphatic rings. The molecule has 0 spiro atoms. The highest BCUT2D eigenvalue weighted by Gasteiger charge is 2.33. The zero-order valence-electron chi connectivity index (χ0n) is 18.3. The first-order valence-electron chi connectivity index (χ1n) is 10.5. The fourth-order valence-corrected chi connectivity index (χ4v) is 3.72. The molecular weight excluding hydrogens is 388 g/mol. The number of furan rings is 1. The fourth-order valence-electron chi connectivity index (χ4n) is 3.72. The third-order valence-corrected chi connectivity index (χ3v) is 5.48. The Labute approximate surface area is 177 Å². The van der Waals surface area contributed by atoms with Gasteiger partial charge in [0.1, 0.15) is 5.60 Å². The fraction of sp³-hybridized carbons (Fsp3) is 0.667. The Morgan fingerprint density at radius 2 is 1.50 bits per heavy atom. The summed E-state index contributed by atoms with van der Waals surface area (Å²) in [5.74, 6) is 0.246. The van der Waals surface area contributed by atoms with Crippen molar-refractivity contribution >= 4 is 17.9 Å². The first kappa shape index (κ1) is 22.1. The van der Waals surface area contributed by atoms with Crippen LogP contribution in [0.4, 0.5) is 4.79 Å². The predicted octanol–water partition coefficient (Wildman–Crippen LogP) is 1.51. The quantitative estimate of drug-likeness (QED) is 0.737. The number of amides is 3. The summed E-state index contributed by atoms with van der Waals surface area (Å²) in [6.45, 7) is 11.8.